The van der Waals surface area contributed by atoms with Crippen molar-refractivity contribution in [3.63, 3.8) is 0 Å². The Hall–Kier alpha value is -3.90. The number of aromatic nitrogens is 3. The lowest BCUT2D eigenvalue weighted by Gasteiger charge is -2.22. The van der Waals surface area contributed by atoms with Crippen LogP contribution in [-0.4, -0.2) is 69.8 Å². The van der Waals surface area contributed by atoms with Crippen molar-refractivity contribution in [2.24, 2.45) is 11.8 Å². The van der Waals surface area contributed by atoms with Gasteiger partial charge in [-0.05, 0) is 29.8 Å². The van der Waals surface area contributed by atoms with Gasteiger partial charge >= 0.3 is 12.5 Å². The van der Waals surface area contributed by atoms with E-state index in [1.54, 1.807) is 9.80 Å². The van der Waals surface area contributed by atoms with Crippen LogP contribution in [0.1, 0.15) is 15.9 Å². The lowest BCUT2D eigenvalue weighted by molar-refractivity contribution is -0.274. The van der Waals surface area contributed by atoms with Gasteiger partial charge in [-0.15, -0.1) is 13.2 Å². The minimum atomic E-state index is -4.78. The maximum atomic E-state index is 14.7. The van der Waals surface area contributed by atoms with E-state index in [-0.39, 0.29) is 35.3 Å². The predicted octanol–water partition coefficient (Wildman–Crippen LogP) is 3.34. The van der Waals surface area contributed by atoms with Crippen molar-refractivity contribution in [3.8, 4) is 5.75 Å². The summed E-state index contributed by atoms with van der Waals surface area (Å²) < 4.78 is 60.5. The molecule has 9 nitrogen and oxygen atoms in total. The lowest BCUT2D eigenvalue weighted by Crippen LogP contribution is -2.36. The highest BCUT2D eigenvalue weighted by Gasteiger charge is 2.44. The number of carbonyl (C=O) groups excluding carboxylic acids is 2. The van der Waals surface area contributed by atoms with Gasteiger partial charge in [0.15, 0.2) is 5.82 Å². The zero-order valence-electron chi connectivity index (χ0n) is 18.1. The van der Waals surface area contributed by atoms with Crippen molar-refractivity contribution in [2.75, 3.05) is 26.2 Å². The van der Waals surface area contributed by atoms with Gasteiger partial charge < -0.3 is 19.3 Å². The quantitative estimate of drug-likeness (QED) is 0.560. The first-order valence-corrected chi connectivity index (χ1v) is 10.7. The number of ether oxygens (including phenoxy) is 2. The van der Waals surface area contributed by atoms with Gasteiger partial charge in [-0.3, -0.25) is 4.79 Å². The predicted molar refractivity (Wildman–Crippen MR) is 112 cm³/mol. The summed E-state index contributed by atoms with van der Waals surface area (Å²) in [7, 11) is 0. The second kappa shape index (κ2) is 8.71. The van der Waals surface area contributed by atoms with Crippen LogP contribution in [0.2, 0.25) is 0 Å². The fourth-order valence-electron chi connectivity index (χ4n) is 4.55. The fourth-order valence-corrected chi connectivity index (χ4v) is 4.55. The number of nitrogens with zero attached hydrogens (tertiary/aromatic N) is 4. The smallest absolute Gasteiger partial charge is 0.445 e. The summed E-state index contributed by atoms with van der Waals surface area (Å²) in [6.45, 7) is 1.42. The van der Waals surface area contributed by atoms with E-state index in [0.717, 1.165) is 12.1 Å². The van der Waals surface area contributed by atoms with Crippen LogP contribution in [0, 0.1) is 17.7 Å². The summed E-state index contributed by atoms with van der Waals surface area (Å²) >= 11 is 0. The van der Waals surface area contributed by atoms with Crippen LogP contribution in [0.4, 0.5) is 22.4 Å². The summed E-state index contributed by atoms with van der Waals surface area (Å²) in [5.74, 6) is -1.46. The largest absolute Gasteiger partial charge is 0.573 e. The van der Waals surface area contributed by atoms with Crippen molar-refractivity contribution in [3.05, 3.63) is 53.3 Å². The molecule has 5 rings (SSSR count). The number of hydrogen-bond donors (Lipinski definition) is 1. The second-order valence-electron chi connectivity index (χ2n) is 8.50. The average Bonchev–Trinajstić information content (AvgIpc) is 3.52. The molecule has 1 aromatic heterocycles. The number of alkyl halides is 3. The Bertz CT molecular complexity index is 1250. The van der Waals surface area contributed by atoms with Crippen LogP contribution in [0.25, 0.3) is 11.0 Å². The number of aromatic amines is 1. The van der Waals surface area contributed by atoms with Gasteiger partial charge in [0.25, 0.3) is 5.91 Å². The fraction of sp³-hybridized carbons (Fsp3) is 0.364. The molecule has 2 aromatic carbocycles. The highest BCUT2D eigenvalue weighted by atomic mass is 19.4. The molecule has 2 atom stereocenters. The molecule has 3 heterocycles. The second-order valence-corrected chi connectivity index (χ2v) is 8.50. The number of halogens is 4. The van der Waals surface area contributed by atoms with Crippen molar-refractivity contribution >= 4 is 23.0 Å². The summed E-state index contributed by atoms with van der Waals surface area (Å²) in [5, 5.41) is 9.88. The molecule has 0 saturated carbocycles. The molecule has 0 spiro atoms. The average molecular weight is 493 g/mol. The monoisotopic (exact) mass is 493 g/mol. The molecule has 2 fully saturated rings. The van der Waals surface area contributed by atoms with Crippen LogP contribution in [0.15, 0.2) is 36.4 Å². The van der Waals surface area contributed by atoms with Gasteiger partial charge in [0, 0.05) is 38.0 Å². The number of likely N-dealkylation sites (tertiary alicyclic amines) is 2. The van der Waals surface area contributed by atoms with Crippen LogP contribution < -0.4 is 4.74 Å². The molecule has 2 saturated heterocycles. The number of amides is 2. The maximum absolute atomic E-state index is 14.7. The molecule has 184 valence electrons. The molecular weight excluding hydrogens is 474 g/mol. The third-order valence-electron chi connectivity index (χ3n) is 6.21. The molecule has 1 N–H and O–H groups in total. The van der Waals surface area contributed by atoms with Crippen molar-refractivity contribution in [1.82, 2.24) is 25.2 Å². The highest BCUT2D eigenvalue weighted by molar-refractivity contribution is 5.98. The van der Waals surface area contributed by atoms with Crippen LogP contribution in [0.3, 0.4) is 0 Å². The number of fused-ring (bicyclic) bond motifs is 2. The number of nitrogens with one attached hydrogen (secondary N) is 1. The van der Waals surface area contributed by atoms with Crippen LogP contribution >= 0.6 is 0 Å². The molecule has 2 aliphatic heterocycles. The molecule has 35 heavy (non-hydrogen) atoms. The van der Waals surface area contributed by atoms with Crippen molar-refractivity contribution < 1.29 is 36.6 Å². The molecule has 2 aliphatic rings. The number of carbonyl (C=O) groups is 2. The first-order valence-electron chi connectivity index (χ1n) is 10.7. The van der Waals surface area contributed by atoms with Gasteiger partial charge in [-0.1, -0.05) is 12.1 Å². The van der Waals surface area contributed by atoms with E-state index in [1.165, 1.54) is 24.3 Å². The van der Waals surface area contributed by atoms with Gasteiger partial charge in [-0.25, -0.2) is 9.18 Å². The zero-order valence-corrected chi connectivity index (χ0v) is 18.1. The minimum absolute atomic E-state index is 0.00618. The molecule has 0 bridgehead atoms. The van der Waals surface area contributed by atoms with Gasteiger partial charge in [0.05, 0.1) is 5.56 Å². The van der Waals surface area contributed by atoms with E-state index in [0.29, 0.717) is 37.3 Å². The standard InChI is InChI=1S/C22H19F4N5O4/c23-18-16(5-6-17-19(18)28-29-27-17)20(32)30-7-13-9-31(10-14(13)8-30)21(33)34-11-12-1-3-15(4-2-12)35-22(24,25)26/h1-6,13-14H,7-11H2,(H,27,28,29). The van der Waals surface area contributed by atoms with Gasteiger partial charge in [0.2, 0.25) is 0 Å². The molecular formula is C22H19F4N5O4. The van der Waals surface area contributed by atoms with Crippen LogP contribution in [0.5, 0.6) is 5.75 Å². The maximum Gasteiger partial charge on any atom is 0.573 e. The Labute approximate surface area is 195 Å². The van der Waals surface area contributed by atoms with E-state index in [4.69, 9.17) is 4.74 Å². The Morgan fingerprint density at radius 2 is 1.63 bits per heavy atom. The Morgan fingerprint density at radius 1 is 0.971 bits per heavy atom. The van der Waals surface area contributed by atoms with E-state index in [1.807, 2.05) is 0 Å². The Balaban J connectivity index is 1.13. The number of H-pyrrole nitrogens is 1. The Morgan fingerprint density at radius 3 is 2.29 bits per heavy atom. The molecule has 2 amide bonds. The van der Waals surface area contributed by atoms with E-state index >= 15 is 0 Å². The molecule has 0 aliphatic carbocycles. The first kappa shape index (κ1) is 22.9. The zero-order chi connectivity index (χ0) is 24.7. The summed E-state index contributed by atoms with van der Waals surface area (Å²) in [5.41, 5.74) is 0.771. The SMILES string of the molecule is O=C(OCc1ccc(OC(F)(F)F)cc1)N1CC2CN(C(=O)c3ccc4n[nH]nc4c3F)CC2C1. The molecule has 0 radical (unpaired) electrons. The Kier molecular flexibility index (Phi) is 5.69. The van der Waals surface area contributed by atoms with Crippen molar-refractivity contribution in [1.29, 1.82) is 0 Å². The third-order valence-corrected chi connectivity index (χ3v) is 6.21. The number of hydrogen-bond acceptors (Lipinski definition) is 6. The van der Waals surface area contributed by atoms with Gasteiger partial charge in [0.1, 0.15) is 23.4 Å². The minimum Gasteiger partial charge on any atom is -0.445 e. The van der Waals surface area contributed by atoms with E-state index in [9.17, 15) is 27.2 Å². The summed E-state index contributed by atoms with van der Waals surface area (Å²) in [6.07, 6.45) is -5.32. The molecule has 2 unspecified atom stereocenters. The summed E-state index contributed by atoms with van der Waals surface area (Å²) in [6, 6.07) is 7.97. The number of benzene rings is 2. The highest BCUT2D eigenvalue weighted by Crippen LogP contribution is 2.33. The van der Waals surface area contributed by atoms with Crippen LogP contribution in [-0.2, 0) is 11.3 Å². The van der Waals surface area contributed by atoms with Gasteiger partial charge in [-0.2, -0.15) is 15.4 Å². The van der Waals surface area contributed by atoms with E-state index in [2.05, 4.69) is 20.1 Å². The van der Waals surface area contributed by atoms with Crippen molar-refractivity contribution in [2.45, 2.75) is 13.0 Å². The molecule has 13 heteroatoms. The van der Waals surface area contributed by atoms with E-state index < -0.39 is 24.2 Å². The topological polar surface area (TPSA) is 101 Å². The normalized spacial score (nSPS) is 19.8. The lowest BCUT2D eigenvalue weighted by atomic mass is 10.0. The molecule has 3 aromatic rings. The third kappa shape index (κ3) is 4.70. The first-order chi connectivity index (χ1) is 16.7. The number of rotatable bonds is 4. The summed E-state index contributed by atoms with van der Waals surface area (Å²) in [4.78, 5) is 28.5.